The van der Waals surface area contributed by atoms with Crippen LogP contribution in [0.3, 0.4) is 0 Å². The van der Waals surface area contributed by atoms with Crippen molar-refractivity contribution in [2.45, 2.75) is 26.2 Å². The summed E-state index contributed by atoms with van der Waals surface area (Å²) in [6.07, 6.45) is 0.302. The second-order valence-corrected chi connectivity index (χ2v) is 5.32. The third-order valence-electron chi connectivity index (χ3n) is 3.38. The summed E-state index contributed by atoms with van der Waals surface area (Å²) < 4.78 is 5.27. The van der Waals surface area contributed by atoms with Gasteiger partial charge in [0.15, 0.2) is 0 Å². The maximum Gasteiger partial charge on any atom is 0.228 e. The number of carbonyl (C=O) groups is 1. The summed E-state index contributed by atoms with van der Waals surface area (Å²) in [6, 6.07) is 15.5. The molecule has 3 nitrogen and oxygen atoms in total. The Hall–Kier alpha value is -2.29. The Bertz CT molecular complexity index is 620. The van der Waals surface area contributed by atoms with Gasteiger partial charge >= 0.3 is 0 Å². The molecule has 2 aromatic rings. The maximum absolute atomic E-state index is 12.2. The fraction of sp³-hybridized carbons (Fsp3) is 0.278. The zero-order valence-electron chi connectivity index (χ0n) is 12.7. The zero-order valence-corrected chi connectivity index (χ0v) is 12.7. The van der Waals surface area contributed by atoms with Gasteiger partial charge in [-0.25, -0.2) is 0 Å². The van der Waals surface area contributed by atoms with E-state index in [1.807, 2.05) is 42.5 Å². The van der Waals surface area contributed by atoms with Crippen molar-refractivity contribution in [1.82, 2.24) is 0 Å². The van der Waals surface area contributed by atoms with Gasteiger partial charge in [-0.1, -0.05) is 44.2 Å². The van der Waals surface area contributed by atoms with Crippen molar-refractivity contribution in [2.75, 3.05) is 12.4 Å². The molecule has 0 unspecified atom stereocenters. The van der Waals surface area contributed by atoms with Crippen LogP contribution in [-0.4, -0.2) is 13.0 Å². The highest BCUT2D eigenvalue weighted by atomic mass is 16.5. The van der Waals surface area contributed by atoms with E-state index in [2.05, 4.69) is 25.2 Å². The monoisotopic (exact) mass is 283 g/mol. The molecule has 0 aliphatic rings. The van der Waals surface area contributed by atoms with E-state index in [9.17, 15) is 4.79 Å². The summed E-state index contributed by atoms with van der Waals surface area (Å²) in [5, 5.41) is 2.94. The minimum absolute atomic E-state index is 0.0413. The predicted octanol–water partition coefficient (Wildman–Crippen LogP) is 4.00. The molecule has 0 aliphatic carbocycles. The van der Waals surface area contributed by atoms with Gasteiger partial charge < -0.3 is 10.1 Å². The first kappa shape index (κ1) is 15.1. The van der Waals surface area contributed by atoms with Crippen LogP contribution in [-0.2, 0) is 11.2 Å². The van der Waals surface area contributed by atoms with E-state index < -0.39 is 0 Å². The Kier molecular flexibility index (Phi) is 4.99. The average Bonchev–Trinajstić information content (AvgIpc) is 2.48. The first-order valence-corrected chi connectivity index (χ1v) is 7.12. The number of methoxy groups -OCH3 is 1. The van der Waals surface area contributed by atoms with Crippen molar-refractivity contribution < 1.29 is 9.53 Å². The number of para-hydroxylation sites is 1. The molecule has 0 atom stereocenters. The van der Waals surface area contributed by atoms with Gasteiger partial charge in [-0.15, -0.1) is 0 Å². The standard InChI is InChI=1S/C18H21NO2/c1-13(2)14-8-6-9-16(11-14)19-18(20)12-15-7-4-5-10-17(15)21-3/h4-11,13H,12H2,1-3H3,(H,19,20). The molecule has 0 bridgehead atoms. The van der Waals surface area contributed by atoms with Gasteiger partial charge in [0.25, 0.3) is 0 Å². The molecule has 0 heterocycles. The zero-order chi connectivity index (χ0) is 15.2. The van der Waals surface area contributed by atoms with Crippen LogP contribution >= 0.6 is 0 Å². The van der Waals surface area contributed by atoms with E-state index in [-0.39, 0.29) is 5.91 Å². The van der Waals surface area contributed by atoms with E-state index in [4.69, 9.17) is 4.74 Å². The molecule has 0 aromatic heterocycles. The van der Waals surface area contributed by atoms with E-state index >= 15 is 0 Å². The van der Waals surface area contributed by atoms with Gasteiger partial charge in [-0.05, 0) is 29.7 Å². The van der Waals surface area contributed by atoms with Crippen LogP contribution in [0.4, 0.5) is 5.69 Å². The maximum atomic E-state index is 12.2. The lowest BCUT2D eigenvalue weighted by Crippen LogP contribution is -2.15. The molecule has 1 amide bonds. The summed E-state index contributed by atoms with van der Waals surface area (Å²) >= 11 is 0. The molecule has 0 radical (unpaired) electrons. The molecule has 1 N–H and O–H groups in total. The topological polar surface area (TPSA) is 38.3 Å². The highest BCUT2D eigenvalue weighted by molar-refractivity contribution is 5.92. The molecule has 0 spiro atoms. The number of carbonyl (C=O) groups excluding carboxylic acids is 1. The summed E-state index contributed by atoms with van der Waals surface area (Å²) in [7, 11) is 1.61. The van der Waals surface area contributed by atoms with Crippen molar-refractivity contribution in [3.05, 3.63) is 59.7 Å². The number of amides is 1. The molecule has 21 heavy (non-hydrogen) atoms. The third-order valence-corrected chi connectivity index (χ3v) is 3.38. The van der Waals surface area contributed by atoms with Crippen LogP contribution in [0.15, 0.2) is 48.5 Å². The van der Waals surface area contributed by atoms with Crippen LogP contribution in [0.2, 0.25) is 0 Å². The number of hydrogen-bond donors (Lipinski definition) is 1. The third kappa shape index (κ3) is 4.09. The van der Waals surface area contributed by atoms with Gasteiger partial charge in [-0.2, -0.15) is 0 Å². The predicted molar refractivity (Wildman–Crippen MR) is 85.9 cm³/mol. The Morgan fingerprint density at radius 1 is 1.14 bits per heavy atom. The molecular formula is C18H21NO2. The van der Waals surface area contributed by atoms with Crippen LogP contribution in [0.1, 0.15) is 30.9 Å². The smallest absolute Gasteiger partial charge is 0.228 e. The van der Waals surface area contributed by atoms with Crippen molar-refractivity contribution >= 4 is 11.6 Å². The van der Waals surface area contributed by atoms with Gasteiger partial charge in [0.1, 0.15) is 5.75 Å². The van der Waals surface area contributed by atoms with E-state index in [0.717, 1.165) is 17.0 Å². The van der Waals surface area contributed by atoms with Gasteiger partial charge in [0.2, 0.25) is 5.91 Å². The van der Waals surface area contributed by atoms with E-state index in [0.29, 0.717) is 12.3 Å². The molecule has 0 fully saturated rings. The van der Waals surface area contributed by atoms with Crippen LogP contribution < -0.4 is 10.1 Å². The highest BCUT2D eigenvalue weighted by Crippen LogP contribution is 2.20. The lowest BCUT2D eigenvalue weighted by atomic mass is 10.0. The summed E-state index contributed by atoms with van der Waals surface area (Å²) in [5.41, 5.74) is 2.93. The van der Waals surface area contributed by atoms with E-state index in [1.165, 1.54) is 5.56 Å². The minimum Gasteiger partial charge on any atom is -0.496 e. The molecular weight excluding hydrogens is 262 g/mol. The molecule has 0 aliphatic heterocycles. The molecule has 2 aromatic carbocycles. The van der Waals surface area contributed by atoms with Crippen molar-refractivity contribution in [3.8, 4) is 5.75 Å². The molecule has 2 rings (SSSR count). The number of benzene rings is 2. The van der Waals surface area contributed by atoms with Crippen molar-refractivity contribution in [2.24, 2.45) is 0 Å². The number of rotatable bonds is 5. The number of hydrogen-bond acceptors (Lipinski definition) is 2. The summed E-state index contributed by atoms with van der Waals surface area (Å²) in [5.74, 6) is 1.14. The first-order valence-electron chi connectivity index (χ1n) is 7.12. The molecule has 0 saturated heterocycles. The summed E-state index contributed by atoms with van der Waals surface area (Å²) in [4.78, 5) is 12.2. The Morgan fingerprint density at radius 2 is 1.90 bits per heavy atom. The van der Waals surface area contributed by atoms with E-state index in [1.54, 1.807) is 7.11 Å². The highest BCUT2D eigenvalue weighted by Gasteiger charge is 2.09. The van der Waals surface area contributed by atoms with Crippen LogP contribution in [0.5, 0.6) is 5.75 Å². The lowest BCUT2D eigenvalue weighted by molar-refractivity contribution is -0.115. The molecule has 110 valence electrons. The molecule has 3 heteroatoms. The van der Waals surface area contributed by atoms with Crippen molar-refractivity contribution in [3.63, 3.8) is 0 Å². The fourth-order valence-electron chi connectivity index (χ4n) is 2.20. The second-order valence-electron chi connectivity index (χ2n) is 5.32. The number of nitrogens with one attached hydrogen (secondary N) is 1. The minimum atomic E-state index is -0.0413. The number of anilines is 1. The summed E-state index contributed by atoms with van der Waals surface area (Å²) in [6.45, 7) is 4.27. The fourth-order valence-corrected chi connectivity index (χ4v) is 2.20. The van der Waals surface area contributed by atoms with Crippen LogP contribution in [0, 0.1) is 0 Å². The van der Waals surface area contributed by atoms with Crippen LogP contribution in [0.25, 0.3) is 0 Å². The van der Waals surface area contributed by atoms with Gasteiger partial charge in [0, 0.05) is 11.3 Å². The quantitative estimate of drug-likeness (QED) is 0.900. The Balaban J connectivity index is 2.06. The average molecular weight is 283 g/mol. The lowest BCUT2D eigenvalue weighted by Gasteiger charge is -2.11. The first-order chi connectivity index (χ1) is 10.1. The van der Waals surface area contributed by atoms with Gasteiger partial charge in [-0.3, -0.25) is 4.79 Å². The Morgan fingerprint density at radius 3 is 2.62 bits per heavy atom. The van der Waals surface area contributed by atoms with Crippen molar-refractivity contribution in [1.29, 1.82) is 0 Å². The Labute approximate surface area is 126 Å². The number of ether oxygens (including phenoxy) is 1. The largest absolute Gasteiger partial charge is 0.496 e. The van der Waals surface area contributed by atoms with Gasteiger partial charge in [0.05, 0.1) is 13.5 Å². The molecule has 0 saturated carbocycles. The normalized spacial score (nSPS) is 10.5. The second kappa shape index (κ2) is 6.93. The SMILES string of the molecule is COc1ccccc1CC(=O)Nc1cccc(C(C)C)c1.